The number of ether oxygens (including phenoxy) is 1. The number of carbonyl (C=O) groups is 2. The molecule has 192 valence electrons. The highest BCUT2D eigenvalue weighted by Crippen LogP contribution is 2.30. The molecule has 0 unspecified atom stereocenters. The van der Waals surface area contributed by atoms with Crippen LogP contribution >= 0.6 is 0 Å². The topological polar surface area (TPSA) is 135 Å². The number of benzene rings is 4. The second-order valence-electron chi connectivity index (χ2n) is 9.25. The lowest BCUT2D eigenvalue weighted by atomic mass is 10.1. The molecular weight excluding hydrogens is 496 g/mol. The fourth-order valence-corrected chi connectivity index (χ4v) is 4.77. The molecule has 0 aliphatic carbocycles. The summed E-state index contributed by atoms with van der Waals surface area (Å²) in [6.07, 6.45) is -1.41. The molecule has 2 N–H and O–H groups in total. The molecule has 6 aromatic rings. The van der Waals surface area contributed by atoms with Crippen LogP contribution in [-0.4, -0.2) is 42.1 Å². The third-order valence-corrected chi connectivity index (χ3v) is 6.67. The minimum absolute atomic E-state index is 0.0666. The van der Waals surface area contributed by atoms with Crippen LogP contribution in [0.2, 0.25) is 0 Å². The highest BCUT2D eigenvalue weighted by molar-refractivity contribution is 6.04. The van der Waals surface area contributed by atoms with Gasteiger partial charge < -0.3 is 14.9 Å². The number of nitrogens with zero attached hydrogens (tertiary/aromatic N) is 4. The largest absolute Gasteiger partial charge is 0.478 e. The molecule has 2 heterocycles. The predicted octanol–water partition coefficient (Wildman–Crippen LogP) is 5.55. The second kappa shape index (κ2) is 9.38. The van der Waals surface area contributed by atoms with Crippen LogP contribution in [0.4, 0.5) is 0 Å². The summed E-state index contributed by atoms with van der Waals surface area (Å²) >= 11 is 0. The molecule has 0 radical (unpaired) electrons. The summed E-state index contributed by atoms with van der Waals surface area (Å²) in [4.78, 5) is 43.6. The van der Waals surface area contributed by atoms with Crippen molar-refractivity contribution < 1.29 is 24.5 Å². The number of aliphatic hydroxyl groups is 1. The summed E-state index contributed by atoms with van der Waals surface area (Å²) in [5, 5.41) is 19.7. The number of carboxylic acids is 1. The summed E-state index contributed by atoms with van der Waals surface area (Å²) < 4.78 is 5.88. The first-order valence-corrected chi connectivity index (χ1v) is 12.3. The quantitative estimate of drug-likeness (QED) is 0.222. The van der Waals surface area contributed by atoms with Gasteiger partial charge in [0.1, 0.15) is 17.1 Å². The first kappa shape index (κ1) is 24.3. The number of para-hydroxylation sites is 4. The van der Waals surface area contributed by atoms with E-state index in [1.165, 1.54) is 6.07 Å². The Hall–Kier alpha value is -5.02. The van der Waals surface area contributed by atoms with E-state index < -0.39 is 24.1 Å². The number of aromatic nitrogens is 4. The van der Waals surface area contributed by atoms with Gasteiger partial charge in [-0.15, -0.1) is 0 Å². The Kier molecular flexibility index (Phi) is 5.85. The molecule has 9 nitrogen and oxygen atoms in total. The number of fused-ring (bicyclic) bond motifs is 4. The summed E-state index contributed by atoms with van der Waals surface area (Å²) in [5.41, 5.74) is 5.40. The zero-order valence-corrected chi connectivity index (χ0v) is 21.0. The van der Waals surface area contributed by atoms with E-state index >= 15 is 0 Å². The lowest BCUT2D eigenvalue weighted by Gasteiger charge is -2.16. The average molecular weight is 519 g/mol. The van der Waals surface area contributed by atoms with Gasteiger partial charge in [-0.3, -0.25) is 0 Å². The Morgan fingerprint density at radius 2 is 1.08 bits per heavy atom. The number of hydrogen-bond donors (Lipinski definition) is 2. The van der Waals surface area contributed by atoms with Crippen LogP contribution in [0.5, 0.6) is 0 Å². The summed E-state index contributed by atoms with van der Waals surface area (Å²) in [6.45, 7) is 3.41. The van der Waals surface area contributed by atoms with Gasteiger partial charge in [0.25, 0.3) is 0 Å². The van der Waals surface area contributed by atoms with Crippen molar-refractivity contribution in [3.8, 4) is 0 Å². The maximum absolute atomic E-state index is 13.4. The van der Waals surface area contributed by atoms with Crippen LogP contribution in [0.3, 0.4) is 0 Å². The van der Waals surface area contributed by atoms with Gasteiger partial charge >= 0.3 is 11.9 Å². The van der Waals surface area contributed by atoms with Crippen molar-refractivity contribution in [3.05, 3.63) is 95.1 Å². The number of esters is 1. The molecule has 0 bridgehead atoms. The highest BCUT2D eigenvalue weighted by Gasteiger charge is 2.21. The molecule has 6 rings (SSSR count). The van der Waals surface area contributed by atoms with Gasteiger partial charge in [-0.1, -0.05) is 36.4 Å². The van der Waals surface area contributed by atoms with Crippen molar-refractivity contribution in [2.24, 2.45) is 0 Å². The molecule has 0 amide bonds. The lowest BCUT2D eigenvalue weighted by Crippen LogP contribution is -2.11. The number of carboxylic acid groups (broad SMARTS) is 1. The van der Waals surface area contributed by atoms with E-state index in [-0.39, 0.29) is 11.1 Å². The van der Waals surface area contributed by atoms with Crippen molar-refractivity contribution in [2.45, 2.75) is 26.1 Å². The maximum atomic E-state index is 13.4. The second-order valence-corrected chi connectivity index (χ2v) is 9.25. The van der Waals surface area contributed by atoms with Gasteiger partial charge in [-0.2, -0.15) is 0 Å². The molecule has 2 aromatic heterocycles. The Morgan fingerprint density at radius 1 is 0.641 bits per heavy atom. The van der Waals surface area contributed by atoms with Gasteiger partial charge in [0.05, 0.1) is 50.3 Å². The van der Waals surface area contributed by atoms with Gasteiger partial charge in [0.2, 0.25) is 0 Å². The van der Waals surface area contributed by atoms with Crippen molar-refractivity contribution in [1.82, 2.24) is 19.9 Å². The number of aliphatic hydroxyl groups excluding tert-OH is 1. The molecule has 4 aromatic carbocycles. The molecular formula is C30H22N4O5. The van der Waals surface area contributed by atoms with Gasteiger partial charge in [0, 0.05) is 11.1 Å². The zero-order chi connectivity index (χ0) is 27.3. The minimum Gasteiger partial charge on any atom is -0.478 e. The van der Waals surface area contributed by atoms with Crippen LogP contribution in [0, 0.1) is 0 Å². The van der Waals surface area contributed by atoms with E-state index in [9.17, 15) is 19.8 Å². The van der Waals surface area contributed by atoms with Crippen molar-refractivity contribution in [1.29, 1.82) is 0 Å². The van der Waals surface area contributed by atoms with E-state index in [1.807, 2.05) is 0 Å². The molecule has 9 heteroatoms. The fourth-order valence-electron chi connectivity index (χ4n) is 4.77. The van der Waals surface area contributed by atoms with E-state index in [0.29, 0.717) is 55.3 Å². The third kappa shape index (κ3) is 4.18. The van der Waals surface area contributed by atoms with Crippen LogP contribution in [0.25, 0.3) is 44.1 Å². The number of aromatic carboxylic acids is 1. The molecule has 0 saturated heterocycles. The van der Waals surface area contributed by atoms with Crippen LogP contribution in [-0.2, 0) is 4.74 Å². The average Bonchev–Trinajstić information content (AvgIpc) is 2.93. The third-order valence-electron chi connectivity index (χ3n) is 6.67. The zero-order valence-electron chi connectivity index (χ0n) is 21.0. The van der Waals surface area contributed by atoms with Crippen LogP contribution < -0.4 is 0 Å². The standard InChI is InChI=1S/C30H22N4O5/c1-15(35)17-7-3-11-21-25(17)31-24-14-6-10-20(28(24)34-21)30(38)39-16(2)18-8-4-12-22-26(18)32-23-13-5-9-19(29(36)37)27(23)33-22/h3-16,35H,1-2H3,(H,36,37)/t15-,16-/m1/s1. The number of rotatable bonds is 5. The Bertz CT molecular complexity index is 1950. The molecule has 0 spiro atoms. The normalized spacial score (nSPS) is 13.1. The first-order valence-electron chi connectivity index (χ1n) is 12.3. The Balaban J connectivity index is 1.39. The van der Waals surface area contributed by atoms with Gasteiger partial charge in [-0.25, -0.2) is 29.5 Å². The summed E-state index contributed by atoms with van der Waals surface area (Å²) in [5.74, 6) is -1.66. The first-order chi connectivity index (χ1) is 18.8. The van der Waals surface area contributed by atoms with Crippen LogP contribution in [0.15, 0.2) is 72.8 Å². The van der Waals surface area contributed by atoms with Crippen molar-refractivity contribution in [3.63, 3.8) is 0 Å². The molecule has 0 aliphatic rings. The Labute approximate surface area is 221 Å². The number of hydrogen-bond acceptors (Lipinski definition) is 8. The minimum atomic E-state index is -1.08. The molecule has 2 atom stereocenters. The highest BCUT2D eigenvalue weighted by atomic mass is 16.5. The predicted molar refractivity (Wildman–Crippen MR) is 146 cm³/mol. The fraction of sp³-hybridized carbons (Fsp3) is 0.133. The Morgan fingerprint density at radius 3 is 1.64 bits per heavy atom. The molecule has 0 aliphatic heterocycles. The monoisotopic (exact) mass is 518 g/mol. The van der Waals surface area contributed by atoms with E-state index in [2.05, 4.69) is 19.9 Å². The van der Waals surface area contributed by atoms with Crippen molar-refractivity contribution >= 4 is 56.1 Å². The summed E-state index contributed by atoms with van der Waals surface area (Å²) in [6, 6.07) is 20.6. The van der Waals surface area contributed by atoms with Crippen molar-refractivity contribution in [2.75, 3.05) is 0 Å². The SMILES string of the molecule is C[C@@H](O)c1cccc2nc3c(C(=O)O[C@H](C)c4cccc5nc6c(C(=O)O)cccc6nc45)cccc3nc12. The molecule has 0 fully saturated rings. The van der Waals surface area contributed by atoms with Crippen LogP contribution in [0.1, 0.15) is 57.9 Å². The number of carbonyl (C=O) groups excluding carboxylic acids is 1. The van der Waals surface area contributed by atoms with E-state index in [1.54, 1.807) is 80.6 Å². The molecule has 0 saturated carbocycles. The van der Waals surface area contributed by atoms with E-state index in [0.717, 1.165) is 0 Å². The molecule has 39 heavy (non-hydrogen) atoms. The maximum Gasteiger partial charge on any atom is 0.341 e. The smallest absolute Gasteiger partial charge is 0.341 e. The van der Waals surface area contributed by atoms with E-state index in [4.69, 9.17) is 4.74 Å². The lowest BCUT2D eigenvalue weighted by molar-refractivity contribution is 0.0342. The van der Waals surface area contributed by atoms with Gasteiger partial charge in [-0.05, 0) is 50.2 Å². The van der Waals surface area contributed by atoms with Gasteiger partial charge in [0.15, 0.2) is 0 Å². The summed E-state index contributed by atoms with van der Waals surface area (Å²) in [7, 11) is 0.